The van der Waals surface area contributed by atoms with Gasteiger partial charge in [-0.3, -0.25) is 0 Å². The van der Waals surface area contributed by atoms with Crippen LogP contribution in [0, 0.1) is 0 Å². The van der Waals surface area contributed by atoms with Crippen molar-refractivity contribution in [1.29, 1.82) is 0 Å². The Morgan fingerprint density at radius 1 is 1.04 bits per heavy atom. The molecule has 0 radical (unpaired) electrons. The first-order chi connectivity index (χ1) is 13.3. The van der Waals surface area contributed by atoms with E-state index in [2.05, 4.69) is 32.4 Å². The third-order valence-electron chi connectivity index (χ3n) is 4.69. The molecular weight excluding hydrogens is 342 g/mol. The molecule has 1 aliphatic rings. The number of anilines is 1. The average Bonchev–Trinajstić information content (AvgIpc) is 3.34. The Kier molecular flexibility index (Phi) is 3.64. The molecule has 0 atom stereocenters. The predicted molar refractivity (Wildman–Crippen MR) is 102 cm³/mol. The molecular formula is C20H17N5O2. The summed E-state index contributed by atoms with van der Waals surface area (Å²) < 4.78 is 12.9. The molecule has 5 rings (SSSR count). The van der Waals surface area contributed by atoms with Gasteiger partial charge in [0.25, 0.3) is 0 Å². The van der Waals surface area contributed by atoms with Gasteiger partial charge in [0.15, 0.2) is 11.5 Å². The number of benzene rings is 2. The fraction of sp³-hybridized carbons (Fsp3) is 0.150. The van der Waals surface area contributed by atoms with Crippen LogP contribution in [0.25, 0.3) is 22.0 Å². The number of rotatable bonds is 4. The number of ether oxygens (including phenoxy) is 2. The van der Waals surface area contributed by atoms with Crippen molar-refractivity contribution in [3.8, 4) is 22.6 Å². The van der Waals surface area contributed by atoms with E-state index in [1.807, 2.05) is 42.1 Å². The van der Waals surface area contributed by atoms with Crippen LogP contribution in [0.1, 0.15) is 5.69 Å². The topological polar surface area (TPSA) is 74.1 Å². The van der Waals surface area contributed by atoms with E-state index in [1.54, 1.807) is 12.7 Å². The van der Waals surface area contributed by atoms with E-state index in [1.165, 1.54) is 0 Å². The van der Waals surface area contributed by atoms with Gasteiger partial charge in [-0.25, -0.2) is 15.0 Å². The molecule has 0 saturated heterocycles. The quantitative estimate of drug-likeness (QED) is 0.602. The molecule has 0 bridgehead atoms. The summed E-state index contributed by atoms with van der Waals surface area (Å²) in [6.45, 7) is 0.906. The highest BCUT2D eigenvalue weighted by atomic mass is 16.7. The number of nitrogens with zero attached hydrogens (tertiary/aromatic N) is 4. The first-order valence-electron chi connectivity index (χ1n) is 8.62. The Morgan fingerprint density at radius 2 is 1.89 bits per heavy atom. The molecule has 2 aromatic heterocycles. The Bertz CT molecular complexity index is 1140. The van der Waals surface area contributed by atoms with Crippen LogP contribution in [0.4, 0.5) is 5.82 Å². The lowest BCUT2D eigenvalue weighted by atomic mass is 10.0. The van der Waals surface area contributed by atoms with Crippen LogP contribution in [0.3, 0.4) is 0 Å². The van der Waals surface area contributed by atoms with Crippen LogP contribution in [0.15, 0.2) is 55.2 Å². The van der Waals surface area contributed by atoms with E-state index >= 15 is 0 Å². The molecule has 27 heavy (non-hydrogen) atoms. The Morgan fingerprint density at radius 3 is 2.78 bits per heavy atom. The van der Waals surface area contributed by atoms with E-state index < -0.39 is 0 Å². The maximum absolute atomic E-state index is 5.50. The maximum Gasteiger partial charge on any atom is 0.231 e. The van der Waals surface area contributed by atoms with E-state index in [4.69, 9.17) is 9.47 Å². The molecule has 7 nitrogen and oxygen atoms in total. The molecule has 0 fully saturated rings. The molecule has 1 aliphatic heterocycles. The third kappa shape index (κ3) is 2.83. The monoisotopic (exact) mass is 359 g/mol. The number of aromatic nitrogens is 4. The van der Waals surface area contributed by atoms with Gasteiger partial charge < -0.3 is 19.4 Å². The number of nitrogens with one attached hydrogen (secondary N) is 1. The van der Waals surface area contributed by atoms with Crippen molar-refractivity contribution in [2.24, 2.45) is 7.05 Å². The summed E-state index contributed by atoms with van der Waals surface area (Å²) in [5.41, 5.74) is 4.09. The van der Waals surface area contributed by atoms with Crippen molar-refractivity contribution >= 4 is 16.7 Å². The number of hydrogen-bond acceptors (Lipinski definition) is 6. The standard InChI is InChI=1S/C20H17N5O2/c1-25-11-21-8-15(25)9-22-20-16-6-13(2-4-17(16)23-10-24-20)14-3-5-18-19(7-14)27-12-26-18/h2-8,10-11H,9,12H2,1H3,(H,22,23,24). The summed E-state index contributed by atoms with van der Waals surface area (Å²) >= 11 is 0. The molecule has 0 spiro atoms. The molecule has 2 aromatic carbocycles. The van der Waals surface area contributed by atoms with E-state index in [0.29, 0.717) is 6.54 Å². The van der Waals surface area contributed by atoms with Crippen molar-refractivity contribution in [3.63, 3.8) is 0 Å². The minimum atomic E-state index is 0.270. The van der Waals surface area contributed by atoms with Crippen molar-refractivity contribution in [1.82, 2.24) is 19.5 Å². The average molecular weight is 359 g/mol. The highest BCUT2D eigenvalue weighted by Crippen LogP contribution is 2.36. The summed E-state index contributed by atoms with van der Waals surface area (Å²) in [6.07, 6.45) is 5.20. The zero-order chi connectivity index (χ0) is 18.2. The van der Waals surface area contributed by atoms with Crippen LogP contribution in [0.5, 0.6) is 11.5 Å². The minimum Gasteiger partial charge on any atom is -0.454 e. The van der Waals surface area contributed by atoms with E-state index in [9.17, 15) is 0 Å². The SMILES string of the molecule is Cn1cncc1CNc1ncnc2ccc(-c3ccc4c(c3)OCO4)cc12. The minimum absolute atomic E-state index is 0.270. The summed E-state index contributed by atoms with van der Waals surface area (Å²) in [5, 5.41) is 4.36. The third-order valence-corrected chi connectivity index (χ3v) is 4.69. The molecule has 1 N–H and O–H groups in total. The lowest BCUT2D eigenvalue weighted by molar-refractivity contribution is 0.174. The van der Waals surface area contributed by atoms with Crippen LogP contribution in [0.2, 0.25) is 0 Å². The predicted octanol–water partition coefficient (Wildman–Crippen LogP) is 3.37. The number of imidazole rings is 1. The van der Waals surface area contributed by atoms with Crippen LogP contribution >= 0.6 is 0 Å². The van der Waals surface area contributed by atoms with Gasteiger partial charge in [-0.1, -0.05) is 12.1 Å². The van der Waals surface area contributed by atoms with Crippen LogP contribution in [-0.2, 0) is 13.6 Å². The molecule has 134 valence electrons. The summed E-state index contributed by atoms with van der Waals surface area (Å²) in [6, 6.07) is 12.1. The van der Waals surface area contributed by atoms with Crippen LogP contribution in [-0.4, -0.2) is 26.3 Å². The first kappa shape index (κ1) is 15.6. The van der Waals surface area contributed by atoms with E-state index in [0.717, 1.165) is 45.0 Å². The number of aryl methyl sites for hydroxylation is 1. The fourth-order valence-electron chi connectivity index (χ4n) is 3.18. The first-order valence-corrected chi connectivity index (χ1v) is 8.62. The molecule has 0 unspecified atom stereocenters. The fourth-order valence-corrected chi connectivity index (χ4v) is 3.18. The van der Waals surface area contributed by atoms with Gasteiger partial charge in [-0.05, 0) is 35.4 Å². The largest absolute Gasteiger partial charge is 0.454 e. The molecule has 7 heteroatoms. The van der Waals surface area contributed by atoms with E-state index in [-0.39, 0.29) is 6.79 Å². The van der Waals surface area contributed by atoms with Crippen molar-refractivity contribution in [2.75, 3.05) is 12.1 Å². The van der Waals surface area contributed by atoms with Gasteiger partial charge in [-0.15, -0.1) is 0 Å². The lowest BCUT2D eigenvalue weighted by Crippen LogP contribution is -2.06. The van der Waals surface area contributed by atoms with Gasteiger partial charge in [-0.2, -0.15) is 0 Å². The molecule has 4 aromatic rings. The zero-order valence-corrected chi connectivity index (χ0v) is 14.7. The normalized spacial score (nSPS) is 12.5. The number of fused-ring (bicyclic) bond motifs is 2. The molecule has 3 heterocycles. The highest BCUT2D eigenvalue weighted by molar-refractivity contribution is 5.92. The Labute approximate surface area is 155 Å². The second-order valence-electron chi connectivity index (χ2n) is 6.37. The lowest BCUT2D eigenvalue weighted by Gasteiger charge is -2.10. The molecule has 0 saturated carbocycles. The second-order valence-corrected chi connectivity index (χ2v) is 6.37. The van der Waals surface area contributed by atoms with Gasteiger partial charge in [0.05, 0.1) is 24.1 Å². The second kappa shape index (κ2) is 6.28. The molecule has 0 aliphatic carbocycles. The summed E-state index contributed by atoms with van der Waals surface area (Å²) in [7, 11) is 1.97. The van der Waals surface area contributed by atoms with Gasteiger partial charge in [0.1, 0.15) is 12.1 Å². The van der Waals surface area contributed by atoms with Crippen molar-refractivity contribution in [3.05, 3.63) is 60.9 Å². The van der Waals surface area contributed by atoms with Crippen LogP contribution < -0.4 is 14.8 Å². The van der Waals surface area contributed by atoms with Crippen molar-refractivity contribution in [2.45, 2.75) is 6.54 Å². The zero-order valence-electron chi connectivity index (χ0n) is 14.7. The van der Waals surface area contributed by atoms with Crippen molar-refractivity contribution < 1.29 is 9.47 Å². The summed E-state index contributed by atoms with van der Waals surface area (Å²) in [4.78, 5) is 13.0. The smallest absolute Gasteiger partial charge is 0.231 e. The molecule has 0 amide bonds. The Hall–Kier alpha value is -3.61. The van der Waals surface area contributed by atoms with Gasteiger partial charge in [0, 0.05) is 18.6 Å². The van der Waals surface area contributed by atoms with Gasteiger partial charge >= 0.3 is 0 Å². The Balaban J connectivity index is 1.51. The van der Waals surface area contributed by atoms with Gasteiger partial charge in [0.2, 0.25) is 6.79 Å². The summed E-state index contributed by atoms with van der Waals surface area (Å²) in [5.74, 6) is 2.34. The maximum atomic E-state index is 5.50. The highest BCUT2D eigenvalue weighted by Gasteiger charge is 2.14. The number of hydrogen-bond donors (Lipinski definition) is 1.